The molecule has 0 aliphatic heterocycles. The molecule has 0 aliphatic carbocycles. The van der Waals surface area contributed by atoms with Crippen LogP contribution in [-0.2, 0) is 13.1 Å². The third-order valence-corrected chi connectivity index (χ3v) is 4.57. The van der Waals surface area contributed by atoms with Crippen molar-refractivity contribution in [3.05, 3.63) is 84.5 Å². The fourth-order valence-corrected chi connectivity index (χ4v) is 2.82. The Hall–Kier alpha value is -2.22. The van der Waals surface area contributed by atoms with Crippen LogP contribution in [0.25, 0.3) is 0 Å². The molecule has 0 aliphatic rings. The number of aromatic nitrogens is 2. The first-order valence-electron chi connectivity index (χ1n) is 9.97. The Bertz CT molecular complexity index is 605. The van der Waals surface area contributed by atoms with Crippen molar-refractivity contribution in [3.63, 3.8) is 0 Å². The Morgan fingerprint density at radius 3 is 1.38 bits per heavy atom. The number of hydrogen-bond acceptors (Lipinski definition) is 0. The second-order valence-electron chi connectivity index (χ2n) is 7.07. The normalized spacial score (nSPS) is 11.6. The molecule has 0 saturated heterocycles. The van der Waals surface area contributed by atoms with Crippen molar-refractivity contribution < 1.29 is 9.13 Å². The second-order valence-corrected chi connectivity index (χ2v) is 7.07. The summed E-state index contributed by atoms with van der Waals surface area (Å²) >= 11 is 0. The van der Waals surface area contributed by atoms with Crippen LogP contribution in [0, 0.1) is 13.8 Å². The zero-order chi connectivity index (χ0) is 18.5. The van der Waals surface area contributed by atoms with Gasteiger partial charge in [0, 0.05) is 37.1 Å². The fraction of sp³-hybridized carbons (Fsp3) is 0.417. The lowest BCUT2D eigenvalue weighted by Gasteiger charge is -1.97. The summed E-state index contributed by atoms with van der Waals surface area (Å²) in [5, 5.41) is 0. The average Bonchev–Trinajstić information content (AvgIpc) is 2.65. The maximum absolute atomic E-state index is 2.29. The molecule has 0 unspecified atom stereocenters. The van der Waals surface area contributed by atoms with Gasteiger partial charge in [-0.15, -0.1) is 0 Å². The van der Waals surface area contributed by atoms with Gasteiger partial charge in [-0.3, -0.25) is 0 Å². The van der Waals surface area contributed by atoms with Crippen LogP contribution in [0.15, 0.2) is 73.4 Å². The molecule has 26 heavy (non-hydrogen) atoms. The van der Waals surface area contributed by atoms with Crippen molar-refractivity contribution in [1.29, 1.82) is 0 Å². The van der Waals surface area contributed by atoms with E-state index in [1.54, 1.807) is 0 Å². The second kappa shape index (κ2) is 12.2. The molecule has 2 heteroatoms. The highest BCUT2D eigenvalue weighted by atomic mass is 14.9. The first-order chi connectivity index (χ1) is 12.7. The minimum Gasteiger partial charge on any atom is -0.205 e. The van der Waals surface area contributed by atoms with E-state index in [1.165, 1.54) is 49.7 Å². The topological polar surface area (TPSA) is 7.76 Å². The van der Waals surface area contributed by atoms with Gasteiger partial charge in [-0.2, -0.15) is 0 Å². The van der Waals surface area contributed by atoms with Crippen LogP contribution in [-0.4, -0.2) is 0 Å². The monoisotopic (exact) mass is 350 g/mol. The Morgan fingerprint density at radius 2 is 1.00 bits per heavy atom. The molecule has 0 N–H and O–H groups in total. The zero-order valence-electron chi connectivity index (χ0n) is 16.5. The number of allylic oxidation sites excluding steroid dienone is 4. The van der Waals surface area contributed by atoms with Crippen LogP contribution in [0.1, 0.15) is 49.7 Å². The Morgan fingerprint density at radius 1 is 0.615 bits per heavy atom. The summed E-state index contributed by atoms with van der Waals surface area (Å²) in [6.45, 7) is 6.49. The first kappa shape index (κ1) is 20.1. The lowest BCUT2D eigenvalue weighted by Crippen LogP contribution is -2.32. The molecule has 2 rings (SSSR count). The number of nitrogens with zero attached hydrogens (tertiary/aromatic N) is 2. The quantitative estimate of drug-likeness (QED) is 0.305. The van der Waals surface area contributed by atoms with Crippen LogP contribution in [0.3, 0.4) is 0 Å². The number of rotatable bonds is 11. The average molecular weight is 351 g/mol. The summed E-state index contributed by atoms with van der Waals surface area (Å²) in [6, 6.07) is 8.68. The molecule has 2 aromatic heterocycles. The number of pyridine rings is 2. The van der Waals surface area contributed by atoms with E-state index in [1.807, 2.05) is 0 Å². The van der Waals surface area contributed by atoms with Gasteiger partial charge in [0.2, 0.25) is 0 Å². The standard InChI is InChI=1S/C24H34N2/c1-23-13-19-25(20-14-23)17-11-9-7-5-3-4-6-8-10-12-18-26-21-15-24(2)16-22-26/h3-6,13-16,19-22H,7-12,17-18H2,1-2H3/q+2. The van der Waals surface area contributed by atoms with E-state index in [2.05, 4.69) is 96.3 Å². The molecule has 2 aromatic rings. The molecule has 2 nitrogen and oxygen atoms in total. The maximum Gasteiger partial charge on any atom is 0.169 e. The van der Waals surface area contributed by atoms with Crippen molar-refractivity contribution in [2.45, 2.75) is 65.5 Å². The SMILES string of the molecule is Cc1cc[n+](CCCCC=CC=CCCCC[n+]2ccc(C)cc2)cc1. The molecule has 0 bridgehead atoms. The molecular weight excluding hydrogens is 316 g/mol. The predicted octanol–water partition coefficient (Wildman–Crippen LogP) is 5.03. The third-order valence-electron chi connectivity index (χ3n) is 4.57. The molecule has 0 saturated carbocycles. The summed E-state index contributed by atoms with van der Waals surface area (Å²) in [6.07, 6.45) is 25.0. The van der Waals surface area contributed by atoms with Gasteiger partial charge in [-0.25, -0.2) is 9.13 Å². The van der Waals surface area contributed by atoms with Gasteiger partial charge >= 0.3 is 0 Å². The molecule has 0 spiro atoms. The number of unbranched alkanes of at least 4 members (excludes halogenated alkanes) is 4. The summed E-state index contributed by atoms with van der Waals surface area (Å²) in [7, 11) is 0. The molecule has 0 fully saturated rings. The van der Waals surface area contributed by atoms with Gasteiger partial charge in [0.1, 0.15) is 13.1 Å². The van der Waals surface area contributed by atoms with E-state index in [4.69, 9.17) is 0 Å². The van der Waals surface area contributed by atoms with Crippen LogP contribution >= 0.6 is 0 Å². The van der Waals surface area contributed by atoms with Crippen LogP contribution in [0.2, 0.25) is 0 Å². The van der Waals surface area contributed by atoms with Crippen molar-refractivity contribution >= 4 is 0 Å². The Kier molecular flexibility index (Phi) is 9.42. The van der Waals surface area contributed by atoms with Crippen LogP contribution < -0.4 is 9.13 Å². The summed E-state index contributed by atoms with van der Waals surface area (Å²) in [4.78, 5) is 0. The largest absolute Gasteiger partial charge is 0.205 e. The summed E-state index contributed by atoms with van der Waals surface area (Å²) in [5.74, 6) is 0. The lowest BCUT2D eigenvalue weighted by atomic mass is 10.2. The van der Waals surface area contributed by atoms with Gasteiger partial charge in [0.15, 0.2) is 24.8 Å². The van der Waals surface area contributed by atoms with E-state index in [9.17, 15) is 0 Å². The highest BCUT2D eigenvalue weighted by Gasteiger charge is 1.98. The summed E-state index contributed by atoms with van der Waals surface area (Å²) < 4.78 is 4.54. The van der Waals surface area contributed by atoms with Gasteiger partial charge in [-0.1, -0.05) is 24.3 Å². The summed E-state index contributed by atoms with van der Waals surface area (Å²) in [5.41, 5.74) is 2.65. The van der Waals surface area contributed by atoms with Gasteiger partial charge in [0.25, 0.3) is 0 Å². The number of hydrogen-bond donors (Lipinski definition) is 0. The lowest BCUT2D eigenvalue weighted by molar-refractivity contribution is -0.697. The van der Waals surface area contributed by atoms with Crippen molar-refractivity contribution in [2.75, 3.05) is 0 Å². The van der Waals surface area contributed by atoms with E-state index in [0.717, 1.165) is 13.1 Å². The van der Waals surface area contributed by atoms with E-state index < -0.39 is 0 Å². The third kappa shape index (κ3) is 8.75. The van der Waals surface area contributed by atoms with Crippen molar-refractivity contribution in [2.24, 2.45) is 0 Å². The van der Waals surface area contributed by atoms with E-state index >= 15 is 0 Å². The Labute approximate surface area is 159 Å². The number of aryl methyl sites for hydroxylation is 4. The maximum atomic E-state index is 2.29. The minimum absolute atomic E-state index is 1.11. The highest BCUT2D eigenvalue weighted by molar-refractivity contribution is 5.04. The van der Waals surface area contributed by atoms with Crippen molar-refractivity contribution in [3.8, 4) is 0 Å². The van der Waals surface area contributed by atoms with Crippen LogP contribution in [0.4, 0.5) is 0 Å². The molecular formula is C24H34N2+2. The highest BCUT2D eigenvalue weighted by Crippen LogP contribution is 2.00. The molecule has 138 valence electrons. The molecule has 0 aromatic carbocycles. The predicted molar refractivity (Wildman–Crippen MR) is 109 cm³/mol. The van der Waals surface area contributed by atoms with Gasteiger partial charge in [-0.05, 0) is 50.7 Å². The van der Waals surface area contributed by atoms with Gasteiger partial charge in [0.05, 0.1) is 0 Å². The smallest absolute Gasteiger partial charge is 0.169 e. The Balaban J connectivity index is 1.45. The minimum atomic E-state index is 1.11. The van der Waals surface area contributed by atoms with Crippen molar-refractivity contribution in [1.82, 2.24) is 0 Å². The zero-order valence-corrected chi connectivity index (χ0v) is 16.5. The van der Waals surface area contributed by atoms with E-state index in [-0.39, 0.29) is 0 Å². The molecule has 0 radical (unpaired) electrons. The van der Waals surface area contributed by atoms with Gasteiger partial charge < -0.3 is 0 Å². The first-order valence-corrected chi connectivity index (χ1v) is 9.97. The van der Waals surface area contributed by atoms with Crippen LogP contribution in [0.5, 0.6) is 0 Å². The van der Waals surface area contributed by atoms with E-state index in [0.29, 0.717) is 0 Å². The molecule has 0 amide bonds. The molecule has 0 atom stereocenters. The fourth-order valence-electron chi connectivity index (χ4n) is 2.82. The molecule has 2 heterocycles.